The number of morpholine rings is 1. The van der Waals surface area contributed by atoms with Gasteiger partial charge in [-0.2, -0.15) is 0 Å². The van der Waals surface area contributed by atoms with Crippen molar-refractivity contribution < 1.29 is 32.1 Å². The molecule has 0 bridgehead atoms. The Morgan fingerprint density at radius 3 is 2.47 bits per heavy atom. The summed E-state index contributed by atoms with van der Waals surface area (Å²) >= 11 is 0.854. The summed E-state index contributed by atoms with van der Waals surface area (Å²) in [4.78, 5) is 39.6. The van der Waals surface area contributed by atoms with Gasteiger partial charge in [-0.3, -0.25) is 24.4 Å². The Hall–Kier alpha value is -2.84. The fraction of sp³-hybridized carbons (Fsp3) is 0.450. The van der Waals surface area contributed by atoms with Crippen molar-refractivity contribution >= 4 is 45.7 Å². The van der Waals surface area contributed by atoms with Crippen LogP contribution in [0.4, 0.5) is 19.3 Å². The second-order valence-electron chi connectivity index (χ2n) is 8.52. The zero-order chi connectivity index (χ0) is 24.5. The molecule has 14 heteroatoms. The standard InChI is InChI=1S/C20H19F2N5O5S2/c1-7-6-27-13-9(4-10(11(21)12(13)22)15-25-26-19(33-15)34(3)31)5-20(14(27)8(2)32-7)16(28)23-18(30)24-17(20)29/h4,7-8,14H,5-6H2,1-3H3,(H2,23,24,28,29,30)/t7-,8+,14?,34?/m0/s1. The Balaban J connectivity index is 1.73. The van der Waals surface area contributed by atoms with E-state index in [-0.39, 0.29) is 39.1 Å². The molecule has 0 radical (unpaired) electrons. The molecule has 5 rings (SSSR count). The molecule has 4 atom stereocenters. The van der Waals surface area contributed by atoms with Crippen LogP contribution in [0, 0.1) is 17.0 Å². The van der Waals surface area contributed by atoms with Crippen molar-refractivity contribution in [2.45, 2.75) is 42.9 Å². The maximum Gasteiger partial charge on any atom is 0.328 e. The number of hydrogen-bond acceptors (Lipinski definition) is 9. The fourth-order valence-corrected chi connectivity index (χ4v) is 6.58. The zero-order valence-electron chi connectivity index (χ0n) is 18.2. The summed E-state index contributed by atoms with van der Waals surface area (Å²) in [5, 5.41) is 11.9. The lowest BCUT2D eigenvalue weighted by Gasteiger charge is -2.55. The molecule has 4 amide bonds. The van der Waals surface area contributed by atoms with Crippen molar-refractivity contribution in [2.24, 2.45) is 5.41 Å². The molecule has 2 saturated heterocycles. The first-order valence-corrected chi connectivity index (χ1v) is 12.7. The maximum absolute atomic E-state index is 15.6. The average Bonchev–Trinajstić information content (AvgIpc) is 3.24. The van der Waals surface area contributed by atoms with Crippen LogP contribution >= 0.6 is 11.3 Å². The minimum atomic E-state index is -1.82. The van der Waals surface area contributed by atoms with Gasteiger partial charge in [0.2, 0.25) is 16.2 Å². The van der Waals surface area contributed by atoms with Crippen LogP contribution in [-0.2, 0) is 31.5 Å². The number of hydrogen-bond donors (Lipinski definition) is 2. The summed E-state index contributed by atoms with van der Waals surface area (Å²) in [5.74, 6) is -4.00. The van der Waals surface area contributed by atoms with E-state index in [0.717, 1.165) is 11.3 Å². The quantitative estimate of drug-likeness (QED) is 0.574. The smallest absolute Gasteiger partial charge is 0.328 e. The third kappa shape index (κ3) is 3.19. The molecule has 2 aromatic rings. The summed E-state index contributed by atoms with van der Waals surface area (Å²) in [6.45, 7) is 3.48. The third-order valence-electron chi connectivity index (χ3n) is 6.35. The van der Waals surface area contributed by atoms with Crippen LogP contribution in [0.15, 0.2) is 10.4 Å². The van der Waals surface area contributed by atoms with Crippen LogP contribution in [0.25, 0.3) is 10.6 Å². The minimum absolute atomic E-state index is 0.0111. The van der Waals surface area contributed by atoms with Crippen molar-refractivity contribution in [2.75, 3.05) is 17.7 Å². The van der Waals surface area contributed by atoms with Gasteiger partial charge in [-0.25, -0.2) is 13.6 Å². The molecule has 0 saturated carbocycles. The first kappa shape index (κ1) is 22.9. The number of anilines is 1. The van der Waals surface area contributed by atoms with Gasteiger partial charge in [0.1, 0.15) is 0 Å². The van der Waals surface area contributed by atoms with Gasteiger partial charge in [0, 0.05) is 19.2 Å². The van der Waals surface area contributed by atoms with Crippen molar-refractivity contribution in [3.8, 4) is 10.6 Å². The number of carbonyl (C=O) groups is 3. The second kappa shape index (κ2) is 7.85. The molecule has 1 aromatic carbocycles. The highest BCUT2D eigenvalue weighted by atomic mass is 32.2. The highest BCUT2D eigenvalue weighted by molar-refractivity contribution is 7.86. The summed E-state index contributed by atoms with van der Waals surface area (Å²) in [5.41, 5.74) is -1.92. The van der Waals surface area contributed by atoms with E-state index >= 15 is 8.78 Å². The zero-order valence-corrected chi connectivity index (χ0v) is 19.8. The van der Waals surface area contributed by atoms with E-state index in [1.165, 1.54) is 17.2 Å². The summed E-state index contributed by atoms with van der Waals surface area (Å²) in [6.07, 6.45) is -0.0288. The molecule has 1 aromatic heterocycles. The monoisotopic (exact) mass is 511 g/mol. The van der Waals surface area contributed by atoms with E-state index in [2.05, 4.69) is 20.8 Å². The van der Waals surface area contributed by atoms with Crippen LogP contribution in [0.3, 0.4) is 0 Å². The lowest BCUT2D eigenvalue weighted by Crippen LogP contribution is -2.75. The second-order valence-corrected chi connectivity index (χ2v) is 11.1. The van der Waals surface area contributed by atoms with Crippen LogP contribution in [0.5, 0.6) is 0 Å². The van der Waals surface area contributed by atoms with Gasteiger partial charge in [0.05, 0.1) is 40.3 Å². The van der Waals surface area contributed by atoms with Crippen LogP contribution in [-0.4, -0.2) is 63.3 Å². The number of fused-ring (bicyclic) bond motifs is 4. The summed E-state index contributed by atoms with van der Waals surface area (Å²) in [7, 11) is -1.46. The Kier molecular flexibility index (Phi) is 5.29. The first-order valence-electron chi connectivity index (χ1n) is 10.3. The molecule has 3 aliphatic rings. The number of nitrogens with one attached hydrogen (secondary N) is 2. The number of halogens is 2. The number of benzene rings is 1. The Morgan fingerprint density at radius 2 is 1.85 bits per heavy atom. The number of amides is 4. The van der Waals surface area contributed by atoms with E-state index in [4.69, 9.17) is 4.74 Å². The maximum atomic E-state index is 15.6. The predicted molar refractivity (Wildman–Crippen MR) is 117 cm³/mol. The molecule has 2 N–H and O–H groups in total. The number of imide groups is 2. The summed E-state index contributed by atoms with van der Waals surface area (Å²) in [6, 6.07) is -0.605. The molecule has 1 spiro atoms. The number of rotatable bonds is 2. The highest BCUT2D eigenvalue weighted by Gasteiger charge is 2.63. The van der Waals surface area contributed by atoms with Gasteiger partial charge in [0.15, 0.2) is 22.1 Å². The Labute approximate surface area is 198 Å². The molecular formula is C20H19F2N5O5S2. The number of nitrogens with zero attached hydrogens (tertiary/aromatic N) is 3. The van der Waals surface area contributed by atoms with Crippen LogP contribution < -0.4 is 15.5 Å². The van der Waals surface area contributed by atoms with Crippen molar-refractivity contribution in [3.63, 3.8) is 0 Å². The van der Waals surface area contributed by atoms with E-state index in [1.807, 2.05) is 0 Å². The Morgan fingerprint density at radius 1 is 1.18 bits per heavy atom. The number of ether oxygens (including phenoxy) is 1. The van der Waals surface area contributed by atoms with Gasteiger partial charge >= 0.3 is 6.03 Å². The van der Waals surface area contributed by atoms with Crippen molar-refractivity contribution in [1.82, 2.24) is 20.8 Å². The normalized spacial score (nSPS) is 26.6. The lowest BCUT2D eigenvalue weighted by molar-refractivity contribution is -0.153. The van der Waals surface area contributed by atoms with Gasteiger partial charge in [0.25, 0.3) is 0 Å². The van der Waals surface area contributed by atoms with Gasteiger partial charge in [-0.15, -0.1) is 10.2 Å². The minimum Gasteiger partial charge on any atom is -0.372 e. The number of barbiturate groups is 1. The van der Waals surface area contributed by atoms with E-state index in [1.54, 1.807) is 13.8 Å². The van der Waals surface area contributed by atoms with Gasteiger partial charge in [-0.1, -0.05) is 11.3 Å². The molecule has 2 unspecified atom stereocenters. The van der Waals surface area contributed by atoms with Gasteiger partial charge < -0.3 is 9.64 Å². The topological polar surface area (TPSA) is 131 Å². The number of aromatic nitrogens is 2. The molecular weight excluding hydrogens is 492 g/mol. The van der Waals surface area contributed by atoms with Crippen LogP contribution in [0.1, 0.15) is 19.4 Å². The first-order chi connectivity index (χ1) is 16.0. The van der Waals surface area contributed by atoms with E-state index in [0.29, 0.717) is 0 Å². The fourth-order valence-electron chi connectivity index (χ4n) is 5.13. The molecule has 10 nitrogen and oxygen atoms in total. The van der Waals surface area contributed by atoms with E-state index < -0.39 is 63.9 Å². The predicted octanol–water partition coefficient (Wildman–Crippen LogP) is 1.11. The highest BCUT2D eigenvalue weighted by Crippen LogP contribution is 2.49. The third-order valence-corrected chi connectivity index (χ3v) is 8.63. The van der Waals surface area contributed by atoms with Crippen LogP contribution in [0.2, 0.25) is 0 Å². The average molecular weight is 512 g/mol. The largest absolute Gasteiger partial charge is 0.372 e. The van der Waals surface area contributed by atoms with Crippen molar-refractivity contribution in [3.05, 3.63) is 23.3 Å². The number of urea groups is 1. The SMILES string of the molecule is C[C@H]1CN2c3c(cc(-c4nnc(S(C)=O)s4)c(F)c3F)CC3(C(=O)NC(=O)NC3=O)C2[C@@H](C)O1. The molecule has 3 aliphatic heterocycles. The molecule has 2 fully saturated rings. The van der Waals surface area contributed by atoms with E-state index in [9.17, 15) is 18.6 Å². The Bertz CT molecular complexity index is 1260. The molecule has 4 heterocycles. The number of carbonyl (C=O) groups excluding carboxylic acids is 3. The summed E-state index contributed by atoms with van der Waals surface area (Å²) < 4.78 is 48.6. The van der Waals surface area contributed by atoms with Gasteiger partial charge in [-0.05, 0) is 25.5 Å². The van der Waals surface area contributed by atoms with Crippen molar-refractivity contribution in [1.29, 1.82) is 0 Å². The lowest BCUT2D eigenvalue weighted by atomic mass is 9.66. The molecule has 34 heavy (non-hydrogen) atoms. The molecule has 0 aliphatic carbocycles. The molecule has 180 valence electrons.